The summed E-state index contributed by atoms with van der Waals surface area (Å²) in [6, 6.07) is 7.70. The van der Waals surface area contributed by atoms with Gasteiger partial charge in [0, 0.05) is 19.6 Å². The summed E-state index contributed by atoms with van der Waals surface area (Å²) in [4.78, 5) is 0. The van der Waals surface area contributed by atoms with E-state index < -0.39 is 10.2 Å². The Balaban J connectivity index is 2.72. The van der Waals surface area contributed by atoms with Crippen LogP contribution in [0, 0.1) is 0 Å². The van der Waals surface area contributed by atoms with E-state index in [1.165, 1.54) is 7.05 Å². The van der Waals surface area contributed by atoms with E-state index in [0.717, 1.165) is 5.56 Å². The van der Waals surface area contributed by atoms with Crippen molar-refractivity contribution in [3.05, 3.63) is 29.8 Å². The van der Waals surface area contributed by atoms with Gasteiger partial charge in [0.15, 0.2) is 0 Å². The summed E-state index contributed by atoms with van der Waals surface area (Å²) < 4.78 is 27.3. The largest absolute Gasteiger partial charge is 0.310 e. The lowest BCUT2D eigenvalue weighted by atomic mass is 10.2. The second-order valence-corrected chi connectivity index (χ2v) is 5.66. The van der Waals surface area contributed by atoms with Gasteiger partial charge >= 0.3 is 0 Å². The molecule has 0 saturated heterocycles. The van der Waals surface area contributed by atoms with Crippen LogP contribution in [0.25, 0.3) is 0 Å². The van der Waals surface area contributed by atoms with Crippen molar-refractivity contribution in [2.45, 2.75) is 26.4 Å². The fourth-order valence-electron chi connectivity index (χ4n) is 1.27. The molecule has 1 aromatic carbocycles. The molecule has 0 atom stereocenters. The van der Waals surface area contributed by atoms with Gasteiger partial charge in [0.25, 0.3) is 10.2 Å². The first-order valence-corrected chi connectivity index (χ1v) is 6.95. The first kappa shape index (κ1) is 14.0. The maximum Gasteiger partial charge on any atom is 0.298 e. The van der Waals surface area contributed by atoms with E-state index in [9.17, 15) is 8.42 Å². The van der Waals surface area contributed by atoms with Gasteiger partial charge in [0.2, 0.25) is 0 Å². The third-order valence-corrected chi connectivity index (χ3v) is 3.20. The molecule has 0 heterocycles. The van der Waals surface area contributed by atoms with Crippen molar-refractivity contribution in [2.24, 2.45) is 0 Å². The third kappa shape index (κ3) is 5.16. The highest BCUT2D eigenvalue weighted by Crippen LogP contribution is 2.11. The van der Waals surface area contributed by atoms with E-state index in [1.807, 2.05) is 18.2 Å². The lowest BCUT2D eigenvalue weighted by molar-refractivity contribution is 0.588. The summed E-state index contributed by atoms with van der Waals surface area (Å²) in [7, 11) is -2.07. The molecule has 3 N–H and O–H groups in total. The third-order valence-electron chi connectivity index (χ3n) is 2.16. The Labute approximate surface area is 103 Å². The zero-order valence-electron chi connectivity index (χ0n) is 10.3. The molecule has 0 bridgehead atoms. The van der Waals surface area contributed by atoms with Gasteiger partial charge in [-0.1, -0.05) is 26.0 Å². The molecule has 0 fully saturated rings. The van der Waals surface area contributed by atoms with E-state index in [2.05, 4.69) is 28.6 Å². The highest BCUT2D eigenvalue weighted by molar-refractivity contribution is 7.90. The highest BCUT2D eigenvalue weighted by Gasteiger charge is 2.06. The Kier molecular flexibility index (Phi) is 4.92. The topological polar surface area (TPSA) is 70.2 Å². The van der Waals surface area contributed by atoms with E-state index in [-0.39, 0.29) is 0 Å². The summed E-state index contributed by atoms with van der Waals surface area (Å²) in [5, 5.41) is 3.27. The summed E-state index contributed by atoms with van der Waals surface area (Å²) in [6.07, 6.45) is 0. The van der Waals surface area contributed by atoms with Gasteiger partial charge in [-0.2, -0.15) is 8.42 Å². The Bertz CT molecular complexity index is 458. The molecule has 0 spiro atoms. The van der Waals surface area contributed by atoms with Crippen molar-refractivity contribution in [2.75, 3.05) is 11.8 Å². The zero-order chi connectivity index (χ0) is 12.9. The lowest BCUT2D eigenvalue weighted by Gasteiger charge is -2.10. The maximum atomic E-state index is 11.3. The van der Waals surface area contributed by atoms with Crippen LogP contribution >= 0.6 is 0 Å². The lowest BCUT2D eigenvalue weighted by Crippen LogP contribution is -2.26. The van der Waals surface area contributed by atoms with Gasteiger partial charge in [-0.15, -0.1) is 0 Å². The van der Waals surface area contributed by atoms with Gasteiger partial charge in [-0.05, 0) is 17.7 Å². The predicted octanol–water partition coefficient (Wildman–Crippen LogP) is 1.06. The molecular weight excluding hydrogens is 238 g/mol. The SMILES string of the molecule is CNS(=O)(=O)Nc1cccc(CNC(C)C)c1. The second-order valence-electron chi connectivity index (χ2n) is 4.05. The molecule has 96 valence electrons. The summed E-state index contributed by atoms with van der Waals surface area (Å²) in [6.45, 7) is 4.84. The number of benzene rings is 1. The highest BCUT2D eigenvalue weighted by atomic mass is 32.2. The van der Waals surface area contributed by atoms with Crippen molar-refractivity contribution in [1.29, 1.82) is 0 Å². The number of nitrogens with one attached hydrogen (secondary N) is 3. The minimum atomic E-state index is -3.44. The second kappa shape index (κ2) is 6.00. The Morgan fingerprint density at radius 2 is 2.00 bits per heavy atom. The molecule has 1 rings (SSSR count). The van der Waals surface area contributed by atoms with Crippen molar-refractivity contribution in [1.82, 2.24) is 10.0 Å². The van der Waals surface area contributed by atoms with Crippen LogP contribution in [0.5, 0.6) is 0 Å². The summed E-state index contributed by atoms with van der Waals surface area (Å²) >= 11 is 0. The maximum absolute atomic E-state index is 11.3. The van der Waals surface area contributed by atoms with Crippen LogP contribution in [0.4, 0.5) is 5.69 Å². The van der Waals surface area contributed by atoms with Crippen LogP contribution in [-0.2, 0) is 16.8 Å². The quantitative estimate of drug-likeness (QED) is 0.713. The van der Waals surface area contributed by atoms with Crippen LogP contribution < -0.4 is 14.8 Å². The van der Waals surface area contributed by atoms with Crippen molar-refractivity contribution in [3.8, 4) is 0 Å². The normalized spacial score (nSPS) is 11.8. The number of hydrogen-bond donors (Lipinski definition) is 3. The van der Waals surface area contributed by atoms with E-state index in [1.54, 1.807) is 6.07 Å². The van der Waals surface area contributed by atoms with Crippen LogP contribution in [0.15, 0.2) is 24.3 Å². The van der Waals surface area contributed by atoms with Crippen molar-refractivity contribution >= 4 is 15.9 Å². The Hall–Kier alpha value is -1.11. The molecule has 0 aliphatic heterocycles. The number of rotatable bonds is 6. The van der Waals surface area contributed by atoms with Gasteiger partial charge in [-0.25, -0.2) is 4.72 Å². The average Bonchev–Trinajstić information content (AvgIpc) is 2.26. The number of hydrogen-bond acceptors (Lipinski definition) is 3. The van der Waals surface area contributed by atoms with Gasteiger partial charge in [0.1, 0.15) is 0 Å². The molecule has 0 aliphatic rings. The van der Waals surface area contributed by atoms with Crippen LogP contribution in [0.1, 0.15) is 19.4 Å². The minimum Gasteiger partial charge on any atom is -0.310 e. The molecule has 0 saturated carbocycles. The van der Waals surface area contributed by atoms with Crippen LogP contribution in [0.3, 0.4) is 0 Å². The first-order valence-electron chi connectivity index (χ1n) is 5.46. The average molecular weight is 257 g/mol. The van der Waals surface area contributed by atoms with Crippen LogP contribution in [-0.4, -0.2) is 21.5 Å². The molecule has 0 radical (unpaired) electrons. The minimum absolute atomic E-state index is 0.396. The molecule has 0 amide bonds. The molecule has 0 aliphatic carbocycles. The molecule has 1 aromatic rings. The standard InChI is InChI=1S/C11H19N3O2S/c1-9(2)13-8-10-5-4-6-11(7-10)14-17(15,16)12-3/h4-7,9,12-14H,8H2,1-3H3. The summed E-state index contributed by atoms with van der Waals surface area (Å²) in [5.74, 6) is 0. The molecule has 17 heavy (non-hydrogen) atoms. The monoisotopic (exact) mass is 257 g/mol. The van der Waals surface area contributed by atoms with E-state index in [4.69, 9.17) is 0 Å². The molecule has 0 unspecified atom stereocenters. The van der Waals surface area contributed by atoms with Crippen molar-refractivity contribution < 1.29 is 8.42 Å². The Morgan fingerprint density at radius 3 is 2.59 bits per heavy atom. The Morgan fingerprint density at radius 1 is 1.29 bits per heavy atom. The zero-order valence-corrected chi connectivity index (χ0v) is 11.1. The van der Waals surface area contributed by atoms with Crippen molar-refractivity contribution in [3.63, 3.8) is 0 Å². The summed E-state index contributed by atoms with van der Waals surface area (Å²) in [5.41, 5.74) is 1.59. The molecule has 5 nitrogen and oxygen atoms in total. The molecular formula is C11H19N3O2S. The smallest absolute Gasteiger partial charge is 0.298 e. The predicted molar refractivity (Wildman–Crippen MR) is 70.0 cm³/mol. The number of anilines is 1. The first-order chi connectivity index (χ1) is 7.93. The fourth-order valence-corrected chi connectivity index (χ4v) is 1.81. The van der Waals surface area contributed by atoms with Gasteiger partial charge < -0.3 is 5.32 Å². The molecule has 6 heteroatoms. The van der Waals surface area contributed by atoms with E-state index >= 15 is 0 Å². The fraction of sp³-hybridized carbons (Fsp3) is 0.455. The molecule has 0 aromatic heterocycles. The van der Waals surface area contributed by atoms with Crippen LogP contribution in [0.2, 0.25) is 0 Å². The van der Waals surface area contributed by atoms with E-state index in [0.29, 0.717) is 18.3 Å². The van der Waals surface area contributed by atoms with Gasteiger partial charge in [-0.3, -0.25) is 4.72 Å². The van der Waals surface area contributed by atoms with Gasteiger partial charge in [0.05, 0.1) is 5.69 Å².